The van der Waals surface area contributed by atoms with Crippen LogP contribution in [0.2, 0.25) is 0 Å². The first-order valence-electron chi connectivity index (χ1n) is 9.44. The van der Waals surface area contributed by atoms with Crippen molar-refractivity contribution in [3.8, 4) is 0 Å². The molecule has 0 unspecified atom stereocenters. The van der Waals surface area contributed by atoms with E-state index in [2.05, 4.69) is 44.8 Å². The van der Waals surface area contributed by atoms with E-state index in [0.717, 1.165) is 43.9 Å². The van der Waals surface area contributed by atoms with Gasteiger partial charge in [-0.2, -0.15) is 4.98 Å². The third-order valence-electron chi connectivity index (χ3n) is 4.72. The van der Waals surface area contributed by atoms with Crippen LogP contribution < -0.4 is 16.4 Å². The number of amides is 1. The summed E-state index contributed by atoms with van der Waals surface area (Å²) in [5, 5.41) is 6.19. The highest BCUT2D eigenvalue weighted by Crippen LogP contribution is 2.17. The van der Waals surface area contributed by atoms with Gasteiger partial charge in [0.2, 0.25) is 0 Å². The maximum atomic E-state index is 12.2. The van der Waals surface area contributed by atoms with Crippen molar-refractivity contribution < 1.29 is 9.21 Å². The van der Waals surface area contributed by atoms with Crippen LogP contribution in [0.1, 0.15) is 35.5 Å². The lowest BCUT2D eigenvalue weighted by Crippen LogP contribution is -2.42. The van der Waals surface area contributed by atoms with Crippen molar-refractivity contribution in [3.05, 3.63) is 65.2 Å². The maximum absolute atomic E-state index is 12.2. The maximum Gasteiger partial charge on any atom is 0.292 e. The van der Waals surface area contributed by atoms with Crippen molar-refractivity contribution in [1.82, 2.24) is 20.5 Å². The van der Waals surface area contributed by atoms with E-state index in [4.69, 9.17) is 10.2 Å². The second-order valence-electron chi connectivity index (χ2n) is 6.82. The summed E-state index contributed by atoms with van der Waals surface area (Å²) in [7, 11) is 0. The van der Waals surface area contributed by atoms with Gasteiger partial charge in [0.15, 0.2) is 5.69 Å². The Morgan fingerprint density at radius 3 is 2.64 bits per heavy atom. The highest BCUT2D eigenvalue weighted by atomic mass is 16.4. The Morgan fingerprint density at radius 2 is 2.04 bits per heavy atom. The number of nitrogen functional groups attached to an aromatic ring is 1. The molecule has 1 fully saturated rings. The minimum atomic E-state index is -0.357. The largest absolute Gasteiger partial charge is 0.431 e. The fraction of sp³-hybridized carbons (Fsp3) is 0.333. The van der Waals surface area contributed by atoms with Crippen LogP contribution in [-0.2, 0) is 6.54 Å². The number of carbonyl (C=O) groups excluding carboxylic acids is 1. The number of hydrogen-bond donors (Lipinski definition) is 3. The molecular weight excluding hydrogens is 354 g/mol. The van der Waals surface area contributed by atoms with E-state index < -0.39 is 0 Å². The highest BCUT2D eigenvalue weighted by molar-refractivity contribution is 5.94. The van der Waals surface area contributed by atoms with Crippen LogP contribution in [0, 0.1) is 0 Å². The average Bonchev–Trinajstić information content (AvgIpc) is 3.15. The highest BCUT2D eigenvalue weighted by Gasteiger charge is 2.12. The van der Waals surface area contributed by atoms with Gasteiger partial charge in [-0.25, -0.2) is 0 Å². The molecule has 7 nitrogen and oxygen atoms in total. The molecule has 28 heavy (non-hydrogen) atoms. The molecule has 0 radical (unpaired) electrons. The monoisotopic (exact) mass is 381 g/mol. The lowest BCUT2D eigenvalue weighted by molar-refractivity contribution is 0.0962. The Balaban J connectivity index is 1.63. The third-order valence-corrected chi connectivity index (χ3v) is 4.72. The Labute approximate surface area is 165 Å². The Hall–Kier alpha value is -2.90. The van der Waals surface area contributed by atoms with Gasteiger partial charge in [-0.1, -0.05) is 30.3 Å². The van der Waals surface area contributed by atoms with E-state index in [-0.39, 0.29) is 17.6 Å². The van der Waals surface area contributed by atoms with Crippen LogP contribution in [-0.4, -0.2) is 42.0 Å². The van der Waals surface area contributed by atoms with E-state index >= 15 is 0 Å². The van der Waals surface area contributed by atoms with E-state index in [0.29, 0.717) is 5.70 Å². The van der Waals surface area contributed by atoms with Crippen molar-refractivity contribution >= 4 is 17.5 Å². The smallest absolute Gasteiger partial charge is 0.292 e. The molecule has 1 saturated heterocycles. The zero-order chi connectivity index (χ0) is 19.9. The predicted molar refractivity (Wildman–Crippen MR) is 110 cm³/mol. The first kappa shape index (κ1) is 19.9. The fourth-order valence-electron chi connectivity index (χ4n) is 3.10. The van der Waals surface area contributed by atoms with Crippen LogP contribution in [0.3, 0.4) is 0 Å². The van der Waals surface area contributed by atoms with Crippen LogP contribution >= 0.6 is 0 Å². The van der Waals surface area contributed by atoms with Crippen molar-refractivity contribution in [2.24, 2.45) is 0 Å². The summed E-state index contributed by atoms with van der Waals surface area (Å²) in [6.45, 7) is 9.14. The fourth-order valence-corrected chi connectivity index (χ4v) is 3.10. The van der Waals surface area contributed by atoms with Gasteiger partial charge in [0.05, 0.1) is 0 Å². The van der Waals surface area contributed by atoms with Gasteiger partial charge in [-0.15, -0.1) is 0 Å². The third kappa shape index (κ3) is 5.31. The molecule has 0 atom stereocenters. The number of hydrogen-bond acceptors (Lipinski definition) is 6. The van der Waals surface area contributed by atoms with Gasteiger partial charge in [-0.05, 0) is 36.6 Å². The lowest BCUT2D eigenvalue weighted by atomic mass is 10.0. The number of anilines is 1. The number of piperazine rings is 1. The van der Waals surface area contributed by atoms with E-state index in [1.165, 1.54) is 11.8 Å². The second kappa shape index (κ2) is 9.34. The van der Waals surface area contributed by atoms with Crippen molar-refractivity contribution in [2.45, 2.75) is 20.4 Å². The average molecular weight is 381 g/mol. The minimum Gasteiger partial charge on any atom is -0.431 e. The topological polar surface area (TPSA) is 96.4 Å². The van der Waals surface area contributed by atoms with E-state index in [1.807, 2.05) is 26.0 Å². The molecule has 0 aliphatic carbocycles. The lowest BCUT2D eigenvalue weighted by Gasteiger charge is -2.27. The van der Waals surface area contributed by atoms with Gasteiger partial charge in [0.25, 0.3) is 11.9 Å². The number of rotatable bonds is 6. The molecule has 3 rings (SSSR count). The van der Waals surface area contributed by atoms with Crippen molar-refractivity contribution in [1.29, 1.82) is 0 Å². The number of aromatic nitrogens is 1. The normalized spacial score (nSPS) is 16.2. The summed E-state index contributed by atoms with van der Waals surface area (Å²) >= 11 is 0. The predicted octanol–water partition coefficient (Wildman–Crippen LogP) is 2.40. The molecule has 1 aliphatic heterocycles. The summed E-state index contributed by atoms with van der Waals surface area (Å²) in [6.07, 6.45) is 5.02. The van der Waals surface area contributed by atoms with Crippen LogP contribution in [0.25, 0.3) is 5.57 Å². The summed E-state index contributed by atoms with van der Waals surface area (Å²) in [6, 6.07) is 8.55. The SMILES string of the molecule is C/C=C(\C=C(/C)c1ccc(CN2CCNCC2)cc1)NC(=O)c1coc(N)n1. The Morgan fingerprint density at radius 1 is 1.32 bits per heavy atom. The number of nitrogens with one attached hydrogen (secondary N) is 2. The standard InChI is InChI=1S/C21H27N5O2/c1-3-18(24-20(27)19-14-28-21(22)25-19)12-15(2)17-6-4-16(5-7-17)13-26-10-8-23-9-11-26/h3-7,12,14,23H,8-11,13H2,1-2H3,(H2,22,25)(H,24,27)/b15-12+,18-3+. The molecule has 0 spiro atoms. The molecule has 7 heteroatoms. The molecule has 0 saturated carbocycles. The van der Waals surface area contributed by atoms with Gasteiger partial charge >= 0.3 is 0 Å². The molecule has 2 heterocycles. The molecule has 4 N–H and O–H groups in total. The molecule has 1 aromatic heterocycles. The van der Waals surface area contributed by atoms with Crippen LogP contribution in [0.15, 0.2) is 52.8 Å². The molecule has 2 aromatic rings. The number of oxazole rings is 1. The first-order chi connectivity index (χ1) is 13.5. The number of benzene rings is 1. The molecule has 148 valence electrons. The van der Waals surface area contributed by atoms with Crippen molar-refractivity contribution in [3.63, 3.8) is 0 Å². The molecular formula is C21H27N5O2. The molecule has 1 aliphatic rings. The van der Waals surface area contributed by atoms with Gasteiger partial charge in [0, 0.05) is 38.4 Å². The number of carbonyl (C=O) groups is 1. The number of nitrogens with zero attached hydrogens (tertiary/aromatic N) is 2. The van der Waals surface area contributed by atoms with Crippen LogP contribution in [0.4, 0.5) is 6.01 Å². The number of nitrogens with two attached hydrogens (primary N) is 1. The Bertz CT molecular complexity index is 861. The summed E-state index contributed by atoms with van der Waals surface area (Å²) < 4.78 is 4.88. The zero-order valence-corrected chi connectivity index (χ0v) is 16.4. The van der Waals surface area contributed by atoms with Gasteiger partial charge < -0.3 is 20.8 Å². The van der Waals surface area contributed by atoms with E-state index in [9.17, 15) is 4.79 Å². The number of allylic oxidation sites excluding steroid dienone is 3. The summed E-state index contributed by atoms with van der Waals surface area (Å²) in [5.74, 6) is -0.357. The minimum absolute atomic E-state index is 0.0280. The van der Waals surface area contributed by atoms with Crippen molar-refractivity contribution in [2.75, 3.05) is 31.9 Å². The second-order valence-corrected chi connectivity index (χ2v) is 6.82. The molecule has 0 bridgehead atoms. The van der Waals surface area contributed by atoms with Crippen LogP contribution in [0.5, 0.6) is 0 Å². The van der Waals surface area contributed by atoms with E-state index in [1.54, 1.807) is 0 Å². The quantitative estimate of drug-likeness (QED) is 0.665. The first-order valence-corrected chi connectivity index (χ1v) is 9.44. The molecule has 1 amide bonds. The summed E-state index contributed by atoms with van der Waals surface area (Å²) in [4.78, 5) is 18.5. The Kier molecular flexibility index (Phi) is 6.62. The summed E-state index contributed by atoms with van der Waals surface area (Å²) in [5.41, 5.74) is 9.74. The molecule has 1 aromatic carbocycles. The zero-order valence-electron chi connectivity index (χ0n) is 16.4. The van der Waals surface area contributed by atoms with Gasteiger partial charge in [0.1, 0.15) is 6.26 Å². The van der Waals surface area contributed by atoms with Gasteiger partial charge in [-0.3, -0.25) is 9.69 Å².